The SMILES string of the molecule is CN1C(=O)c2ccccc2NC1c1cn(-c2ccccc2)nc1-c1ccncc1. The van der Waals surface area contributed by atoms with Gasteiger partial charge >= 0.3 is 0 Å². The number of para-hydroxylation sites is 2. The first kappa shape index (κ1) is 17.2. The molecule has 1 unspecified atom stereocenters. The molecule has 1 aliphatic heterocycles. The first-order valence-corrected chi connectivity index (χ1v) is 9.40. The Balaban J connectivity index is 1.66. The van der Waals surface area contributed by atoms with Gasteiger partial charge in [-0.15, -0.1) is 0 Å². The number of fused-ring (bicyclic) bond motifs is 1. The van der Waals surface area contributed by atoms with Crippen molar-refractivity contribution in [3.05, 3.63) is 96.4 Å². The van der Waals surface area contributed by atoms with Crippen molar-refractivity contribution in [1.82, 2.24) is 19.7 Å². The van der Waals surface area contributed by atoms with E-state index in [4.69, 9.17) is 5.10 Å². The molecule has 2 aromatic carbocycles. The van der Waals surface area contributed by atoms with Crippen molar-refractivity contribution in [3.8, 4) is 16.9 Å². The summed E-state index contributed by atoms with van der Waals surface area (Å²) in [5.74, 6) is -0.0162. The fourth-order valence-electron chi connectivity index (χ4n) is 3.67. The predicted molar refractivity (Wildman–Crippen MR) is 112 cm³/mol. The number of pyridine rings is 1. The topological polar surface area (TPSA) is 63.1 Å². The van der Waals surface area contributed by atoms with Crippen molar-refractivity contribution in [1.29, 1.82) is 0 Å². The number of nitrogens with zero attached hydrogens (tertiary/aromatic N) is 4. The van der Waals surface area contributed by atoms with Gasteiger partial charge in [-0.25, -0.2) is 4.68 Å². The van der Waals surface area contributed by atoms with Crippen LogP contribution in [0.5, 0.6) is 0 Å². The second-order valence-electron chi connectivity index (χ2n) is 6.96. The molecule has 3 heterocycles. The largest absolute Gasteiger partial charge is 0.361 e. The maximum atomic E-state index is 13.0. The van der Waals surface area contributed by atoms with Crippen molar-refractivity contribution in [2.24, 2.45) is 0 Å². The molecule has 0 aliphatic carbocycles. The minimum atomic E-state index is -0.335. The summed E-state index contributed by atoms with van der Waals surface area (Å²) in [5.41, 5.74) is 5.14. The lowest BCUT2D eigenvalue weighted by molar-refractivity contribution is 0.0736. The van der Waals surface area contributed by atoms with Crippen LogP contribution in [-0.4, -0.2) is 32.6 Å². The fourth-order valence-corrected chi connectivity index (χ4v) is 3.67. The molecule has 6 nitrogen and oxygen atoms in total. The molecule has 0 fully saturated rings. The fraction of sp³-hybridized carbons (Fsp3) is 0.0870. The summed E-state index contributed by atoms with van der Waals surface area (Å²) in [6, 6.07) is 21.4. The summed E-state index contributed by atoms with van der Waals surface area (Å²) in [6.07, 6.45) is 5.15. The van der Waals surface area contributed by atoms with E-state index in [1.54, 1.807) is 17.3 Å². The van der Waals surface area contributed by atoms with Gasteiger partial charge in [0.05, 0.1) is 16.9 Å². The molecule has 1 atom stereocenters. The summed E-state index contributed by atoms with van der Waals surface area (Å²) < 4.78 is 1.85. The Bertz CT molecular complexity index is 1170. The van der Waals surface area contributed by atoms with Gasteiger partial charge < -0.3 is 10.2 Å². The summed E-state index contributed by atoms with van der Waals surface area (Å²) in [4.78, 5) is 18.8. The van der Waals surface area contributed by atoms with Crippen LogP contribution in [0.3, 0.4) is 0 Å². The maximum absolute atomic E-state index is 13.0. The van der Waals surface area contributed by atoms with Crippen molar-refractivity contribution in [3.63, 3.8) is 0 Å². The molecule has 1 amide bonds. The van der Waals surface area contributed by atoms with Crippen LogP contribution in [0, 0.1) is 0 Å². The number of rotatable bonds is 3. The van der Waals surface area contributed by atoms with Crippen molar-refractivity contribution in [2.75, 3.05) is 12.4 Å². The van der Waals surface area contributed by atoms with Gasteiger partial charge in [0.15, 0.2) is 0 Å². The second kappa shape index (κ2) is 6.91. The number of anilines is 1. The van der Waals surface area contributed by atoms with Crippen LogP contribution in [-0.2, 0) is 0 Å². The van der Waals surface area contributed by atoms with Crippen molar-refractivity contribution >= 4 is 11.6 Å². The van der Waals surface area contributed by atoms with E-state index in [-0.39, 0.29) is 12.1 Å². The van der Waals surface area contributed by atoms with Crippen LogP contribution in [0.25, 0.3) is 16.9 Å². The van der Waals surface area contributed by atoms with Crippen LogP contribution in [0.2, 0.25) is 0 Å². The minimum Gasteiger partial charge on any atom is -0.361 e. The Morgan fingerprint density at radius 3 is 2.45 bits per heavy atom. The Morgan fingerprint density at radius 1 is 0.931 bits per heavy atom. The molecule has 0 spiro atoms. The monoisotopic (exact) mass is 381 g/mol. The highest BCUT2D eigenvalue weighted by molar-refractivity contribution is 6.01. The van der Waals surface area contributed by atoms with E-state index >= 15 is 0 Å². The second-order valence-corrected chi connectivity index (χ2v) is 6.96. The normalized spacial score (nSPS) is 15.7. The molecule has 5 rings (SSSR count). The predicted octanol–water partition coefficient (Wildman–Crippen LogP) is 4.13. The minimum absolute atomic E-state index is 0.0162. The Morgan fingerprint density at radius 2 is 1.66 bits per heavy atom. The van der Waals surface area contributed by atoms with Crippen LogP contribution < -0.4 is 5.32 Å². The number of hydrogen-bond donors (Lipinski definition) is 1. The average Bonchev–Trinajstić information content (AvgIpc) is 3.23. The van der Waals surface area contributed by atoms with E-state index < -0.39 is 0 Å². The van der Waals surface area contributed by atoms with Gasteiger partial charge in [-0.1, -0.05) is 30.3 Å². The van der Waals surface area contributed by atoms with E-state index in [1.807, 2.05) is 84.7 Å². The molecule has 1 N–H and O–H groups in total. The lowest BCUT2D eigenvalue weighted by Crippen LogP contribution is -2.40. The average molecular weight is 381 g/mol. The van der Waals surface area contributed by atoms with Gasteiger partial charge in [0.25, 0.3) is 5.91 Å². The molecule has 1 aliphatic rings. The van der Waals surface area contributed by atoms with Gasteiger partial charge in [-0.05, 0) is 36.4 Å². The van der Waals surface area contributed by atoms with Crippen molar-refractivity contribution < 1.29 is 4.79 Å². The molecule has 0 radical (unpaired) electrons. The molecular weight excluding hydrogens is 362 g/mol. The Labute approximate surface area is 168 Å². The van der Waals surface area contributed by atoms with E-state index in [2.05, 4.69) is 10.3 Å². The lowest BCUT2D eigenvalue weighted by Gasteiger charge is -2.35. The first-order valence-electron chi connectivity index (χ1n) is 9.40. The number of hydrogen-bond acceptors (Lipinski definition) is 4. The smallest absolute Gasteiger partial charge is 0.257 e. The third-order valence-electron chi connectivity index (χ3n) is 5.17. The summed E-state index contributed by atoms with van der Waals surface area (Å²) in [6.45, 7) is 0. The number of nitrogens with one attached hydrogen (secondary N) is 1. The van der Waals surface area contributed by atoms with E-state index in [0.29, 0.717) is 5.56 Å². The number of amides is 1. The first-order chi connectivity index (χ1) is 14.2. The summed E-state index contributed by atoms with van der Waals surface area (Å²) in [7, 11) is 1.81. The molecular formula is C23H19N5O. The molecule has 0 saturated carbocycles. The maximum Gasteiger partial charge on any atom is 0.257 e. The number of carbonyl (C=O) groups excluding carboxylic acids is 1. The number of benzene rings is 2. The standard InChI is InChI=1S/C23H19N5O/c1-27-22(25-20-10-6-5-9-18(20)23(27)29)19-15-28(17-7-3-2-4-8-17)26-21(19)16-11-13-24-14-12-16/h2-15,22,25H,1H3. The number of carbonyl (C=O) groups is 1. The third kappa shape index (κ3) is 2.95. The molecule has 4 aromatic rings. The summed E-state index contributed by atoms with van der Waals surface area (Å²) in [5, 5.41) is 8.36. The van der Waals surface area contributed by atoms with E-state index in [1.165, 1.54) is 0 Å². The zero-order valence-corrected chi connectivity index (χ0v) is 15.9. The highest BCUT2D eigenvalue weighted by atomic mass is 16.2. The number of aromatic nitrogens is 3. The molecule has 0 bridgehead atoms. The summed E-state index contributed by atoms with van der Waals surface area (Å²) >= 11 is 0. The van der Waals surface area contributed by atoms with Gasteiger partial charge in [-0.2, -0.15) is 5.10 Å². The van der Waals surface area contributed by atoms with Gasteiger partial charge in [0.1, 0.15) is 6.17 Å². The third-order valence-corrected chi connectivity index (χ3v) is 5.17. The van der Waals surface area contributed by atoms with Crippen LogP contribution in [0.1, 0.15) is 22.1 Å². The van der Waals surface area contributed by atoms with Gasteiger partial charge in [0, 0.05) is 42.5 Å². The van der Waals surface area contributed by atoms with E-state index in [9.17, 15) is 4.79 Å². The molecule has 0 saturated heterocycles. The molecule has 2 aromatic heterocycles. The molecule has 142 valence electrons. The molecule has 6 heteroatoms. The van der Waals surface area contributed by atoms with Crippen LogP contribution >= 0.6 is 0 Å². The zero-order valence-electron chi connectivity index (χ0n) is 15.9. The highest BCUT2D eigenvalue weighted by Crippen LogP contribution is 2.36. The zero-order chi connectivity index (χ0) is 19.8. The molecule has 29 heavy (non-hydrogen) atoms. The van der Waals surface area contributed by atoms with Gasteiger partial charge in [0.2, 0.25) is 0 Å². The Kier molecular flexibility index (Phi) is 4.09. The van der Waals surface area contributed by atoms with Crippen LogP contribution in [0.4, 0.5) is 5.69 Å². The lowest BCUT2D eigenvalue weighted by atomic mass is 10.0. The Hall–Kier alpha value is -3.93. The van der Waals surface area contributed by atoms with E-state index in [0.717, 1.165) is 28.2 Å². The van der Waals surface area contributed by atoms with Gasteiger partial charge in [-0.3, -0.25) is 9.78 Å². The van der Waals surface area contributed by atoms with Crippen LogP contribution in [0.15, 0.2) is 85.3 Å². The highest BCUT2D eigenvalue weighted by Gasteiger charge is 2.33. The van der Waals surface area contributed by atoms with Crippen molar-refractivity contribution in [2.45, 2.75) is 6.17 Å². The quantitative estimate of drug-likeness (QED) is 0.580.